The zero-order valence-electron chi connectivity index (χ0n) is 9.85. The van der Waals surface area contributed by atoms with Gasteiger partial charge in [0.1, 0.15) is 5.75 Å². The van der Waals surface area contributed by atoms with Gasteiger partial charge < -0.3 is 10.00 Å². The number of carbonyl (C=O) groups is 1. The van der Waals surface area contributed by atoms with Gasteiger partial charge in [-0.05, 0) is 38.5 Å². The van der Waals surface area contributed by atoms with Crippen molar-refractivity contribution in [1.29, 1.82) is 0 Å². The number of hydrogen-bond acceptors (Lipinski definition) is 4. The van der Waals surface area contributed by atoms with Crippen LogP contribution < -0.4 is 0 Å². The second kappa shape index (κ2) is 5.00. The zero-order valence-corrected chi connectivity index (χ0v) is 10.9. The maximum absolute atomic E-state index is 11.3. The molecule has 5 nitrogen and oxygen atoms in total. The number of hydrogen-bond donors (Lipinski definition) is 2. The first kappa shape index (κ1) is 13.9. The largest absolute Gasteiger partial charge is 0.507 e. The third-order valence-corrected chi connectivity index (χ3v) is 3.10. The van der Waals surface area contributed by atoms with Crippen molar-refractivity contribution in [3.63, 3.8) is 0 Å². The molecule has 0 aliphatic carbocycles. The molecule has 0 aromatic heterocycles. The lowest BCUT2D eigenvalue weighted by atomic mass is 9.95. The second-order valence-corrected chi connectivity index (χ2v) is 4.90. The summed E-state index contributed by atoms with van der Waals surface area (Å²) >= 11 is 0. The molecule has 0 aliphatic heterocycles. The number of rotatable bonds is 4. The van der Waals surface area contributed by atoms with Gasteiger partial charge in [0.05, 0.1) is 11.2 Å². The third-order valence-electron chi connectivity index (χ3n) is 2.41. The lowest BCUT2D eigenvalue weighted by Crippen LogP contribution is -2.18. The molecule has 1 rings (SSSR count). The molecular formula is C11H15O5P. The first-order valence-electron chi connectivity index (χ1n) is 5.00. The van der Waals surface area contributed by atoms with Crippen molar-refractivity contribution in [2.75, 3.05) is 0 Å². The van der Waals surface area contributed by atoms with E-state index in [4.69, 9.17) is 9.42 Å². The van der Waals surface area contributed by atoms with Crippen LogP contribution in [0.2, 0.25) is 0 Å². The van der Waals surface area contributed by atoms with Crippen molar-refractivity contribution in [3.05, 3.63) is 29.3 Å². The third kappa shape index (κ3) is 3.40. The van der Waals surface area contributed by atoms with E-state index in [0.717, 1.165) is 0 Å². The van der Waals surface area contributed by atoms with Gasteiger partial charge in [0.25, 0.3) is 0 Å². The van der Waals surface area contributed by atoms with Gasteiger partial charge in [-0.15, -0.1) is 0 Å². The molecule has 0 spiro atoms. The number of benzene rings is 1. The highest BCUT2D eigenvalue weighted by atomic mass is 31.1. The minimum atomic E-state index is -3.08. The van der Waals surface area contributed by atoms with Gasteiger partial charge in [-0.1, -0.05) is 6.07 Å². The van der Waals surface area contributed by atoms with Crippen LogP contribution in [-0.2, 0) is 14.7 Å². The van der Waals surface area contributed by atoms with Crippen LogP contribution in [0.15, 0.2) is 18.2 Å². The van der Waals surface area contributed by atoms with E-state index >= 15 is 0 Å². The van der Waals surface area contributed by atoms with Crippen molar-refractivity contribution in [1.82, 2.24) is 0 Å². The molecule has 0 heterocycles. The van der Waals surface area contributed by atoms with Gasteiger partial charge in [-0.3, -0.25) is 13.9 Å². The summed E-state index contributed by atoms with van der Waals surface area (Å²) in [6, 6.07) is 4.38. The van der Waals surface area contributed by atoms with E-state index in [1.807, 2.05) is 0 Å². The van der Waals surface area contributed by atoms with Crippen LogP contribution in [-0.4, -0.2) is 15.8 Å². The molecule has 1 aromatic carbocycles. The minimum Gasteiger partial charge on any atom is -0.507 e. The molecule has 0 bridgehead atoms. The monoisotopic (exact) mass is 258 g/mol. The van der Waals surface area contributed by atoms with E-state index in [9.17, 15) is 14.5 Å². The number of phenolic OH excluding ortho intramolecular Hbond substituents is 1. The normalized spacial score (nSPS) is 13.4. The zero-order chi connectivity index (χ0) is 13.2. The Hall–Kier alpha value is -1.16. The van der Waals surface area contributed by atoms with E-state index in [-0.39, 0.29) is 17.1 Å². The Morgan fingerprint density at radius 3 is 2.47 bits per heavy atom. The number of aromatic hydroxyl groups is 1. The van der Waals surface area contributed by atoms with Crippen LogP contribution in [0.4, 0.5) is 0 Å². The molecule has 0 saturated carbocycles. The molecule has 0 fully saturated rings. The Kier molecular flexibility index (Phi) is 4.09. The Balaban J connectivity index is 3.19. The lowest BCUT2D eigenvalue weighted by molar-refractivity contribution is 0.100. The maximum atomic E-state index is 11.3. The summed E-state index contributed by atoms with van der Waals surface area (Å²) in [5.41, 5.74) is -0.285. The smallest absolute Gasteiger partial charge is 0.317 e. The van der Waals surface area contributed by atoms with Crippen LogP contribution in [0.1, 0.15) is 36.7 Å². The van der Waals surface area contributed by atoms with Gasteiger partial charge in [0.15, 0.2) is 5.78 Å². The molecule has 2 N–H and O–H groups in total. The lowest BCUT2D eigenvalue weighted by Gasteiger charge is -2.24. The molecule has 0 radical (unpaired) electrons. The molecule has 1 atom stereocenters. The average Bonchev–Trinajstić information content (AvgIpc) is 2.15. The Morgan fingerprint density at radius 1 is 1.41 bits per heavy atom. The molecule has 6 heteroatoms. The Morgan fingerprint density at radius 2 is 2.00 bits per heavy atom. The summed E-state index contributed by atoms with van der Waals surface area (Å²) < 4.78 is 15.6. The summed E-state index contributed by atoms with van der Waals surface area (Å²) in [5.74, 6) is -0.398. The fraction of sp³-hybridized carbons (Fsp3) is 0.364. The molecular weight excluding hydrogens is 243 g/mol. The summed E-state index contributed by atoms with van der Waals surface area (Å²) in [6.07, 6.45) is 0. The van der Waals surface area contributed by atoms with E-state index in [0.29, 0.717) is 5.56 Å². The number of phenols is 1. The fourth-order valence-electron chi connectivity index (χ4n) is 1.47. The average molecular weight is 258 g/mol. The summed E-state index contributed by atoms with van der Waals surface area (Å²) in [7, 11) is -3.08. The molecule has 1 aromatic rings. The van der Waals surface area contributed by atoms with Crippen LogP contribution >= 0.6 is 8.25 Å². The van der Waals surface area contributed by atoms with Gasteiger partial charge in [0.2, 0.25) is 0 Å². The van der Waals surface area contributed by atoms with Crippen molar-refractivity contribution < 1.29 is 23.9 Å². The summed E-state index contributed by atoms with van der Waals surface area (Å²) in [4.78, 5) is 20.1. The van der Waals surface area contributed by atoms with Gasteiger partial charge in [0, 0.05) is 0 Å². The van der Waals surface area contributed by atoms with Crippen LogP contribution in [0.5, 0.6) is 5.75 Å². The molecule has 0 amide bonds. The van der Waals surface area contributed by atoms with Crippen molar-refractivity contribution in [3.8, 4) is 5.75 Å². The predicted octanol–water partition coefficient (Wildman–Crippen LogP) is 2.23. The van der Waals surface area contributed by atoms with E-state index in [2.05, 4.69) is 0 Å². The summed E-state index contributed by atoms with van der Waals surface area (Å²) in [6.45, 7) is 4.56. The quantitative estimate of drug-likeness (QED) is 0.639. The van der Waals surface area contributed by atoms with Crippen LogP contribution in [0.3, 0.4) is 0 Å². The predicted molar refractivity (Wildman–Crippen MR) is 63.4 cm³/mol. The number of ketones is 1. The van der Waals surface area contributed by atoms with Crippen LogP contribution in [0, 0.1) is 0 Å². The van der Waals surface area contributed by atoms with Gasteiger partial charge in [-0.25, -0.2) is 0 Å². The van der Waals surface area contributed by atoms with E-state index in [1.165, 1.54) is 19.1 Å². The van der Waals surface area contributed by atoms with E-state index < -0.39 is 13.9 Å². The molecule has 1 unspecified atom stereocenters. The number of Topliss-reactive ketones (excluding diaryl/α,β-unsaturated/α-hetero) is 1. The first-order valence-corrected chi connectivity index (χ1v) is 6.27. The van der Waals surface area contributed by atoms with Crippen molar-refractivity contribution >= 4 is 14.0 Å². The number of carbonyl (C=O) groups excluding carboxylic acids is 1. The molecule has 94 valence electrons. The van der Waals surface area contributed by atoms with Gasteiger partial charge >= 0.3 is 8.25 Å². The first-order chi connectivity index (χ1) is 7.74. The van der Waals surface area contributed by atoms with Crippen molar-refractivity contribution in [2.24, 2.45) is 0 Å². The SMILES string of the molecule is CC(=O)c1cc(C(C)(C)O[PH](=O)O)ccc1O. The topological polar surface area (TPSA) is 83.8 Å². The Labute approximate surface area is 100.0 Å². The second-order valence-electron chi connectivity index (χ2n) is 4.17. The van der Waals surface area contributed by atoms with Crippen molar-refractivity contribution in [2.45, 2.75) is 26.4 Å². The molecule has 0 aliphatic rings. The fourth-order valence-corrected chi connectivity index (χ4v) is 2.02. The minimum absolute atomic E-state index is 0.117. The summed E-state index contributed by atoms with van der Waals surface area (Å²) in [5, 5.41) is 9.49. The highest BCUT2D eigenvalue weighted by Crippen LogP contribution is 2.35. The van der Waals surface area contributed by atoms with Crippen LogP contribution in [0.25, 0.3) is 0 Å². The molecule has 0 saturated heterocycles. The maximum Gasteiger partial charge on any atom is 0.317 e. The van der Waals surface area contributed by atoms with E-state index in [1.54, 1.807) is 19.9 Å². The van der Waals surface area contributed by atoms with Gasteiger partial charge in [-0.2, -0.15) is 0 Å². The Bertz CT molecular complexity index is 467. The molecule has 17 heavy (non-hydrogen) atoms. The highest BCUT2D eigenvalue weighted by Gasteiger charge is 2.25. The highest BCUT2D eigenvalue weighted by molar-refractivity contribution is 7.32. The standard InChI is InChI=1S/C11H15O5P/c1-7(12)9-6-8(4-5-10(9)13)11(2,3)16-17(14)15/h4-6,13,17H,1-3H3,(H,14,15).